The summed E-state index contributed by atoms with van der Waals surface area (Å²) in [5, 5.41) is 46.7. The molecule has 0 saturated heterocycles. The third-order valence-corrected chi connectivity index (χ3v) is 10.9. The van der Waals surface area contributed by atoms with Gasteiger partial charge in [0, 0.05) is 57.3 Å². The topological polar surface area (TPSA) is 282 Å². The van der Waals surface area contributed by atoms with Crippen molar-refractivity contribution in [3.8, 4) is 11.5 Å². The summed E-state index contributed by atoms with van der Waals surface area (Å²) in [6.07, 6.45) is 1.12. The van der Waals surface area contributed by atoms with Gasteiger partial charge in [0.2, 0.25) is 11.8 Å². The number of anilines is 2. The normalized spacial score (nSPS) is 15.5. The highest BCUT2D eigenvalue weighted by atomic mass is 19.3. The number of aromatic carboxylic acids is 1. The molecule has 0 radical (unpaired) electrons. The van der Waals surface area contributed by atoms with E-state index < -0.39 is 60.1 Å². The molecule has 2 fully saturated rings. The van der Waals surface area contributed by atoms with Gasteiger partial charge in [-0.15, -0.1) is 20.4 Å². The minimum absolute atomic E-state index is 0.0566. The van der Waals surface area contributed by atoms with Crippen LogP contribution in [0.25, 0.3) is 0 Å². The molecular formula is C45H47F6N15O7. The van der Waals surface area contributed by atoms with Crippen molar-refractivity contribution in [1.82, 2.24) is 65.7 Å². The predicted molar refractivity (Wildman–Crippen MR) is 241 cm³/mol. The van der Waals surface area contributed by atoms with Crippen molar-refractivity contribution in [2.24, 2.45) is 0 Å². The quantitative estimate of drug-likeness (QED) is 0.0674. The average Bonchev–Trinajstić information content (AvgIpc) is 4.00. The summed E-state index contributed by atoms with van der Waals surface area (Å²) in [5.41, 5.74) is 1.71. The van der Waals surface area contributed by atoms with Crippen molar-refractivity contribution < 1.29 is 60.1 Å². The Kier molecular flexibility index (Phi) is 17.2. The number of hydrogen-bond donors (Lipinski definition) is 4. The number of pyridine rings is 2. The van der Waals surface area contributed by atoms with Gasteiger partial charge in [-0.25, -0.2) is 40.5 Å². The van der Waals surface area contributed by atoms with Crippen molar-refractivity contribution in [1.29, 1.82) is 0 Å². The smallest absolute Gasteiger partial charge is 0.358 e. The van der Waals surface area contributed by atoms with Gasteiger partial charge in [0.1, 0.15) is 36.1 Å². The number of hydrogen-bond acceptors (Lipinski definition) is 16. The number of ether oxygens (including phenoxy) is 2. The lowest BCUT2D eigenvalue weighted by Crippen LogP contribution is -2.43. The van der Waals surface area contributed by atoms with Gasteiger partial charge in [-0.05, 0) is 62.1 Å². The van der Waals surface area contributed by atoms with E-state index in [9.17, 15) is 45.5 Å². The molecule has 386 valence electrons. The minimum atomic E-state index is -2.68. The van der Waals surface area contributed by atoms with E-state index >= 15 is 0 Å². The van der Waals surface area contributed by atoms with Crippen molar-refractivity contribution in [3.05, 3.63) is 107 Å². The number of halogens is 6. The van der Waals surface area contributed by atoms with Crippen LogP contribution in [0.15, 0.2) is 73.3 Å². The molecule has 28 heteroatoms. The highest BCUT2D eigenvalue weighted by molar-refractivity contribution is 5.92. The number of aromatic nitrogens is 12. The van der Waals surface area contributed by atoms with E-state index in [2.05, 4.69) is 66.9 Å². The average molecular weight is 1020 g/mol. The molecule has 2 aliphatic carbocycles. The summed E-state index contributed by atoms with van der Waals surface area (Å²) < 4.78 is 93.8. The largest absolute Gasteiger partial charge is 0.490 e. The number of amides is 3. The maximum Gasteiger partial charge on any atom is 0.358 e. The van der Waals surface area contributed by atoms with Gasteiger partial charge in [-0.2, -0.15) is 10.2 Å². The Morgan fingerprint density at radius 3 is 1.47 bits per heavy atom. The molecule has 6 heterocycles. The first kappa shape index (κ1) is 52.6. The van der Waals surface area contributed by atoms with Gasteiger partial charge in [-0.3, -0.25) is 24.4 Å². The molecule has 6 aromatic heterocycles. The van der Waals surface area contributed by atoms with Gasteiger partial charge in [0.15, 0.2) is 23.0 Å². The van der Waals surface area contributed by atoms with Crippen molar-refractivity contribution in [2.75, 3.05) is 17.7 Å². The first-order chi connectivity index (χ1) is 34.8. The van der Waals surface area contributed by atoms with Gasteiger partial charge in [0.25, 0.3) is 17.8 Å². The molecule has 0 spiro atoms. The second kappa shape index (κ2) is 23.8. The molecule has 73 heavy (non-hydrogen) atoms. The van der Waals surface area contributed by atoms with E-state index in [4.69, 9.17) is 14.6 Å². The second-order valence-electron chi connectivity index (χ2n) is 17.1. The Morgan fingerprint density at radius 2 is 1.08 bits per heavy atom. The monoisotopic (exact) mass is 1020 g/mol. The first-order valence-corrected chi connectivity index (χ1v) is 22.6. The summed E-state index contributed by atoms with van der Waals surface area (Å²) in [7, 11) is 1.47. The fourth-order valence-corrected chi connectivity index (χ4v) is 7.14. The van der Waals surface area contributed by atoms with Gasteiger partial charge >= 0.3 is 5.97 Å². The molecule has 6 aromatic rings. The molecule has 8 rings (SSSR count). The standard InChI is InChI=1S/C23H25F3N8O3.C22H22F3N7O4/c1-27-22(36)19-13-34(33-31-19)12-14(24)2-3-15-4-5-20(32-30-15)29-21(35)9-16-8-17(6-7-28-16)37-18-10-23(25,26)11-18;23-13(11-32-12-18(21(34)35)29-31-32)1-2-14-3-4-19(30-28-14)27-20(33)8-15-7-16(5-6-26-15)36-17-9-22(24,25)10-17/h4-8,13-14,18H,2-3,9-12H2,1H3,(H,27,36)(H,29,32,35);3-7,12-13,17H,1-2,8-11H2,(H,34,35)(H,27,30,33)/t14-;13-/m11/s1. The zero-order chi connectivity index (χ0) is 52.1. The molecule has 3 amide bonds. The third-order valence-electron chi connectivity index (χ3n) is 10.9. The summed E-state index contributed by atoms with van der Waals surface area (Å²) in [6, 6.07) is 12.5. The van der Waals surface area contributed by atoms with E-state index in [0.717, 1.165) is 10.9 Å². The Hall–Kier alpha value is -8.20. The fraction of sp³-hybridized carbons (Fsp3) is 0.422. The molecule has 2 atom stereocenters. The van der Waals surface area contributed by atoms with E-state index in [1.54, 1.807) is 30.3 Å². The number of alkyl halides is 6. The molecule has 2 aliphatic rings. The summed E-state index contributed by atoms with van der Waals surface area (Å²) in [5.74, 6) is -6.63. The maximum absolute atomic E-state index is 14.3. The SMILES string of the molecule is CNC(=O)c1cn(C[C@H](F)CCc2ccc(NC(=O)Cc3cc(OC4CC(F)(F)C4)ccn3)nn2)nn1.O=C(Cc1cc(OC2CC(F)(F)C2)ccn1)Nc1ccc(CC[C@@H](F)Cn2cc(C(=O)O)nn2)nn1. The Morgan fingerprint density at radius 1 is 0.644 bits per heavy atom. The minimum Gasteiger partial charge on any atom is -0.490 e. The molecule has 0 unspecified atom stereocenters. The van der Waals surface area contributed by atoms with E-state index in [0.29, 0.717) is 40.7 Å². The fourth-order valence-electron chi connectivity index (χ4n) is 7.14. The number of carbonyl (C=O) groups is 4. The Labute approximate surface area is 410 Å². The molecule has 0 bridgehead atoms. The van der Waals surface area contributed by atoms with Crippen LogP contribution in [0, 0.1) is 0 Å². The van der Waals surface area contributed by atoms with E-state index in [1.165, 1.54) is 48.5 Å². The van der Waals surface area contributed by atoms with Crippen LogP contribution >= 0.6 is 0 Å². The number of nitrogens with one attached hydrogen (secondary N) is 3. The highest BCUT2D eigenvalue weighted by Gasteiger charge is 2.47. The molecule has 22 nitrogen and oxygen atoms in total. The molecule has 0 aromatic carbocycles. The number of aryl methyl sites for hydroxylation is 2. The lowest BCUT2D eigenvalue weighted by Gasteiger charge is -2.34. The predicted octanol–water partition coefficient (Wildman–Crippen LogP) is 4.64. The summed E-state index contributed by atoms with van der Waals surface area (Å²) >= 11 is 0. The van der Waals surface area contributed by atoms with Crippen LogP contribution in [0.1, 0.15) is 82.3 Å². The van der Waals surface area contributed by atoms with Crippen molar-refractivity contribution in [3.63, 3.8) is 0 Å². The number of nitrogens with zero attached hydrogens (tertiary/aromatic N) is 12. The van der Waals surface area contributed by atoms with Crippen LogP contribution in [-0.4, -0.2) is 133 Å². The Bertz CT molecular complexity index is 2820. The number of rotatable bonds is 22. The van der Waals surface area contributed by atoms with E-state index in [-0.39, 0.29) is 93.9 Å². The van der Waals surface area contributed by atoms with Crippen molar-refractivity contribution in [2.45, 2.75) is 114 Å². The Balaban J connectivity index is 0.000000214. The molecule has 0 aliphatic heterocycles. The molecule has 4 N–H and O–H groups in total. The third kappa shape index (κ3) is 16.4. The summed E-state index contributed by atoms with van der Waals surface area (Å²) in [4.78, 5) is 55.2. The van der Waals surface area contributed by atoms with Gasteiger partial charge in [0.05, 0.1) is 61.1 Å². The van der Waals surface area contributed by atoms with E-state index in [1.807, 2.05) is 0 Å². The van der Waals surface area contributed by atoms with Crippen LogP contribution in [0.4, 0.5) is 38.0 Å². The zero-order valence-corrected chi connectivity index (χ0v) is 38.8. The van der Waals surface area contributed by atoms with Crippen LogP contribution in [0.5, 0.6) is 11.5 Å². The summed E-state index contributed by atoms with van der Waals surface area (Å²) in [6.45, 7) is -0.200. The van der Waals surface area contributed by atoms with Gasteiger partial charge in [-0.1, -0.05) is 10.4 Å². The van der Waals surface area contributed by atoms with Crippen LogP contribution in [-0.2, 0) is 48.4 Å². The van der Waals surface area contributed by atoms with Gasteiger partial charge < -0.3 is 30.5 Å². The number of carboxylic acids is 1. The van der Waals surface area contributed by atoms with Crippen LogP contribution in [0.2, 0.25) is 0 Å². The van der Waals surface area contributed by atoms with Crippen LogP contribution < -0.4 is 25.4 Å². The maximum atomic E-state index is 14.3. The lowest BCUT2D eigenvalue weighted by molar-refractivity contribution is -0.135. The van der Waals surface area contributed by atoms with Crippen molar-refractivity contribution >= 4 is 35.3 Å². The lowest BCUT2D eigenvalue weighted by atomic mass is 9.91. The first-order valence-electron chi connectivity index (χ1n) is 22.6. The number of carbonyl (C=O) groups excluding carboxylic acids is 3. The highest BCUT2D eigenvalue weighted by Crippen LogP contribution is 2.40. The molecular weight excluding hydrogens is 977 g/mol. The zero-order valence-electron chi connectivity index (χ0n) is 38.8. The number of carboxylic acid groups (broad SMARTS) is 1. The second-order valence-corrected chi connectivity index (χ2v) is 17.1. The van der Waals surface area contributed by atoms with Crippen LogP contribution in [0.3, 0.4) is 0 Å². The molecule has 2 saturated carbocycles.